The molecule has 27 heavy (non-hydrogen) atoms. The van der Waals surface area contributed by atoms with Gasteiger partial charge in [-0.1, -0.05) is 17.8 Å². The van der Waals surface area contributed by atoms with Gasteiger partial charge in [0.05, 0.1) is 5.69 Å². The van der Waals surface area contributed by atoms with Crippen molar-refractivity contribution in [2.24, 2.45) is 10.7 Å². The third-order valence-corrected chi connectivity index (χ3v) is 5.57. The van der Waals surface area contributed by atoms with Crippen LogP contribution in [0.3, 0.4) is 0 Å². The minimum absolute atomic E-state index is 0.00154. The summed E-state index contributed by atoms with van der Waals surface area (Å²) in [4.78, 5) is 16.6. The molecule has 2 heterocycles. The summed E-state index contributed by atoms with van der Waals surface area (Å²) in [5, 5.41) is 7.50. The Morgan fingerprint density at radius 2 is 2.04 bits per heavy atom. The number of alkyl halides is 1. The van der Waals surface area contributed by atoms with Crippen molar-refractivity contribution in [1.82, 2.24) is 10.2 Å². The van der Waals surface area contributed by atoms with Crippen LogP contribution in [0.15, 0.2) is 35.3 Å². The molecule has 0 saturated heterocycles. The number of aromatic nitrogens is 2. The van der Waals surface area contributed by atoms with Gasteiger partial charge in [-0.05, 0) is 50.6 Å². The van der Waals surface area contributed by atoms with Crippen molar-refractivity contribution in [1.29, 1.82) is 0 Å². The first-order valence-corrected chi connectivity index (χ1v) is 9.37. The number of thioether (sulfide) groups is 1. The maximum atomic E-state index is 14.9. The quantitative estimate of drug-likeness (QED) is 0.810. The third-order valence-electron chi connectivity index (χ3n) is 4.62. The molecule has 0 fully saturated rings. The van der Waals surface area contributed by atoms with Gasteiger partial charge in [0.15, 0.2) is 11.0 Å². The number of benzene rings is 1. The molecule has 0 aliphatic carbocycles. The summed E-state index contributed by atoms with van der Waals surface area (Å²) >= 11 is 1.13. The van der Waals surface area contributed by atoms with Crippen LogP contribution in [-0.2, 0) is 12.0 Å². The highest BCUT2D eigenvalue weighted by atomic mass is 32.2. The van der Waals surface area contributed by atoms with E-state index in [0.29, 0.717) is 11.3 Å². The first kappa shape index (κ1) is 19.4. The van der Waals surface area contributed by atoms with Gasteiger partial charge in [-0.2, -0.15) is 5.10 Å². The fraction of sp³-hybridized carbons (Fsp3) is 0.368. The van der Waals surface area contributed by atoms with E-state index in [1.165, 1.54) is 25.1 Å². The highest BCUT2D eigenvalue weighted by molar-refractivity contribution is 8.14. The van der Waals surface area contributed by atoms with E-state index in [1.807, 2.05) is 0 Å². The zero-order valence-corrected chi connectivity index (χ0v) is 16.1. The predicted octanol–water partition coefficient (Wildman–Crippen LogP) is 3.35. The molecule has 1 aliphatic rings. The van der Waals surface area contributed by atoms with Crippen LogP contribution in [0.5, 0.6) is 0 Å². The minimum atomic E-state index is -1.44. The Labute approximate surface area is 160 Å². The van der Waals surface area contributed by atoms with Gasteiger partial charge in [-0.15, -0.1) is 5.10 Å². The van der Waals surface area contributed by atoms with Crippen molar-refractivity contribution in [2.45, 2.75) is 44.2 Å². The largest absolute Gasteiger partial charge is 0.379 e. The molecule has 0 radical (unpaired) electrons. The molecule has 0 spiro atoms. The second-order valence-electron chi connectivity index (χ2n) is 6.80. The number of halogens is 2. The summed E-state index contributed by atoms with van der Waals surface area (Å²) < 4.78 is 29.5. The second-order valence-corrected chi connectivity index (χ2v) is 8.19. The van der Waals surface area contributed by atoms with Gasteiger partial charge in [0.25, 0.3) is 0 Å². The van der Waals surface area contributed by atoms with Crippen molar-refractivity contribution < 1.29 is 13.6 Å². The fourth-order valence-corrected chi connectivity index (χ4v) is 4.13. The number of hydrogen-bond acceptors (Lipinski definition) is 6. The molecule has 2 aromatic rings. The maximum absolute atomic E-state index is 14.9. The third kappa shape index (κ3) is 3.85. The number of ketones is 1. The van der Waals surface area contributed by atoms with Gasteiger partial charge < -0.3 is 5.73 Å². The lowest BCUT2D eigenvalue weighted by atomic mass is 9.84. The van der Waals surface area contributed by atoms with Crippen molar-refractivity contribution >= 4 is 22.7 Å². The summed E-state index contributed by atoms with van der Waals surface area (Å²) in [6.45, 7) is 4.99. The Hall–Kier alpha value is -2.35. The van der Waals surface area contributed by atoms with Crippen molar-refractivity contribution in [2.75, 3.05) is 0 Å². The first-order valence-electron chi connectivity index (χ1n) is 8.49. The number of amidine groups is 1. The normalized spacial score (nSPS) is 25.1. The standard InChI is InChI=1S/C19H20F2N4OS/c1-10-4-7-15(25-24-10)16(26)9-12-5-6-14(20)13(8-12)19(3)17(21)11(2)27-18(22)23-19/h4-8,11,17H,9H2,1-3H3,(H2,22,23)/t11-,17+,19-/m1/s1. The lowest BCUT2D eigenvalue weighted by molar-refractivity contribution is 0.0987. The molecule has 3 atom stereocenters. The monoisotopic (exact) mass is 390 g/mol. The van der Waals surface area contributed by atoms with Crippen molar-refractivity contribution in [3.63, 3.8) is 0 Å². The number of nitrogens with zero attached hydrogens (tertiary/aromatic N) is 3. The number of carbonyl (C=O) groups excluding carboxylic acids is 1. The van der Waals surface area contributed by atoms with Gasteiger partial charge in [0.1, 0.15) is 23.2 Å². The average Bonchev–Trinajstić information content (AvgIpc) is 2.61. The minimum Gasteiger partial charge on any atom is -0.379 e. The first-order chi connectivity index (χ1) is 12.7. The molecule has 5 nitrogen and oxygen atoms in total. The molecule has 1 aromatic carbocycles. The van der Waals surface area contributed by atoms with E-state index in [4.69, 9.17) is 5.73 Å². The van der Waals surface area contributed by atoms with Crippen LogP contribution in [0.2, 0.25) is 0 Å². The van der Waals surface area contributed by atoms with Crippen LogP contribution in [0.1, 0.15) is 41.2 Å². The molecule has 2 N–H and O–H groups in total. The zero-order chi connectivity index (χ0) is 19.8. The molecule has 1 aromatic heterocycles. The molecule has 142 valence electrons. The summed E-state index contributed by atoms with van der Waals surface area (Å²) in [7, 11) is 0. The molecule has 1 aliphatic heterocycles. The van der Waals surface area contributed by atoms with Gasteiger partial charge in [0, 0.05) is 17.2 Å². The Bertz CT molecular complexity index is 903. The van der Waals surface area contributed by atoms with Crippen LogP contribution in [0.4, 0.5) is 8.78 Å². The lowest BCUT2D eigenvalue weighted by Gasteiger charge is -2.37. The molecule has 8 heteroatoms. The predicted molar refractivity (Wildman–Crippen MR) is 102 cm³/mol. The number of Topliss-reactive ketones (excluding diaryl/α,β-unsaturated/α-hetero) is 1. The molecular weight excluding hydrogens is 370 g/mol. The number of aryl methyl sites for hydroxylation is 1. The van der Waals surface area contributed by atoms with Gasteiger partial charge in [-0.25, -0.2) is 13.8 Å². The van der Waals surface area contributed by atoms with Gasteiger partial charge in [-0.3, -0.25) is 4.79 Å². The van der Waals surface area contributed by atoms with E-state index < -0.39 is 22.8 Å². The summed E-state index contributed by atoms with van der Waals surface area (Å²) in [5.41, 5.74) is 5.94. The van der Waals surface area contributed by atoms with Crippen LogP contribution in [0, 0.1) is 12.7 Å². The van der Waals surface area contributed by atoms with Crippen LogP contribution < -0.4 is 5.73 Å². The van der Waals surface area contributed by atoms with Gasteiger partial charge >= 0.3 is 0 Å². The van der Waals surface area contributed by atoms with Crippen LogP contribution in [-0.4, -0.2) is 32.6 Å². The highest BCUT2D eigenvalue weighted by Gasteiger charge is 2.45. The molecule has 3 rings (SSSR count). The van der Waals surface area contributed by atoms with E-state index in [-0.39, 0.29) is 28.6 Å². The number of aliphatic imine (C=N–C) groups is 1. The molecule has 0 bridgehead atoms. The van der Waals surface area contributed by atoms with Gasteiger partial charge in [0.2, 0.25) is 0 Å². The Balaban J connectivity index is 1.94. The summed E-state index contributed by atoms with van der Waals surface area (Å²) in [6.07, 6.45) is -1.42. The highest BCUT2D eigenvalue weighted by Crippen LogP contribution is 2.42. The number of nitrogens with two attached hydrogens (primary N) is 1. The average molecular weight is 390 g/mol. The van der Waals surface area contributed by atoms with E-state index in [2.05, 4.69) is 15.2 Å². The Kier molecular flexibility index (Phi) is 5.28. The van der Waals surface area contributed by atoms with E-state index >= 15 is 0 Å². The van der Waals surface area contributed by atoms with Crippen LogP contribution in [0.25, 0.3) is 0 Å². The second kappa shape index (κ2) is 7.34. The van der Waals surface area contributed by atoms with Crippen LogP contribution >= 0.6 is 11.8 Å². The number of rotatable bonds is 4. The molecule has 0 unspecified atom stereocenters. The topological polar surface area (TPSA) is 81.2 Å². The van der Waals surface area contributed by atoms with Crippen molar-refractivity contribution in [3.8, 4) is 0 Å². The van der Waals surface area contributed by atoms with E-state index in [1.54, 1.807) is 26.0 Å². The molecule has 0 amide bonds. The molecule has 0 saturated carbocycles. The number of carbonyl (C=O) groups is 1. The SMILES string of the molecule is Cc1ccc(C(=O)Cc2ccc(F)c([C@@]3(C)N=C(N)S[C@H](C)[C@@H]3F)c2)nn1. The Morgan fingerprint density at radius 1 is 1.30 bits per heavy atom. The number of hydrogen-bond donors (Lipinski definition) is 1. The maximum Gasteiger partial charge on any atom is 0.187 e. The van der Waals surface area contributed by atoms with Crippen molar-refractivity contribution in [3.05, 3.63) is 58.7 Å². The van der Waals surface area contributed by atoms with E-state index in [0.717, 1.165) is 11.8 Å². The Morgan fingerprint density at radius 3 is 2.70 bits per heavy atom. The smallest absolute Gasteiger partial charge is 0.187 e. The summed E-state index contributed by atoms with van der Waals surface area (Å²) in [6, 6.07) is 7.52. The zero-order valence-electron chi connectivity index (χ0n) is 15.2. The summed E-state index contributed by atoms with van der Waals surface area (Å²) in [5.74, 6) is -0.834. The fourth-order valence-electron chi connectivity index (χ4n) is 3.13. The lowest BCUT2D eigenvalue weighted by Crippen LogP contribution is -2.44. The molecular formula is C19H20F2N4OS. The van der Waals surface area contributed by atoms with E-state index in [9.17, 15) is 13.6 Å².